The van der Waals surface area contributed by atoms with Crippen LogP contribution in [0.25, 0.3) is 0 Å². The number of carbonyl (C=O) groups is 1. The van der Waals surface area contributed by atoms with Gasteiger partial charge in [-0.3, -0.25) is 4.79 Å². The average molecular weight is 234 g/mol. The van der Waals surface area contributed by atoms with E-state index in [-0.39, 0.29) is 0 Å². The molecule has 1 rings (SSSR count). The summed E-state index contributed by atoms with van der Waals surface area (Å²) in [6, 6.07) is 5.24. The third-order valence-corrected chi connectivity index (χ3v) is 2.16. The maximum Gasteiger partial charge on any atom is 0.153 e. The van der Waals surface area contributed by atoms with Crippen LogP contribution in [0.5, 0.6) is 11.5 Å². The van der Waals surface area contributed by atoms with Crippen molar-refractivity contribution in [2.24, 2.45) is 0 Å². The first-order valence-electron chi connectivity index (χ1n) is 5.77. The van der Waals surface area contributed by atoms with Gasteiger partial charge in [0, 0.05) is 6.07 Å². The molecule has 0 bridgehead atoms. The molecule has 0 aliphatic carbocycles. The second kappa shape index (κ2) is 7.49. The molecule has 0 saturated heterocycles. The summed E-state index contributed by atoms with van der Waals surface area (Å²) in [5, 5.41) is 0. The van der Waals surface area contributed by atoms with Gasteiger partial charge in [0.05, 0.1) is 12.2 Å². The van der Waals surface area contributed by atoms with Crippen LogP contribution in [0.2, 0.25) is 0 Å². The Kier molecular flexibility index (Phi) is 5.86. The molecule has 3 nitrogen and oxygen atoms in total. The Morgan fingerprint density at radius 2 is 2.12 bits per heavy atom. The molecule has 3 heteroatoms. The van der Waals surface area contributed by atoms with Gasteiger partial charge in [-0.15, -0.1) is 0 Å². The molecule has 17 heavy (non-hydrogen) atoms. The van der Waals surface area contributed by atoms with Crippen LogP contribution in [0, 0.1) is 0 Å². The smallest absolute Gasteiger partial charge is 0.153 e. The zero-order valence-corrected chi connectivity index (χ0v) is 10.3. The van der Waals surface area contributed by atoms with Crippen LogP contribution in [0.1, 0.15) is 30.6 Å². The molecule has 0 spiro atoms. The quantitative estimate of drug-likeness (QED) is 0.536. The molecule has 0 heterocycles. The van der Waals surface area contributed by atoms with Crippen molar-refractivity contribution in [3.05, 3.63) is 35.9 Å². The summed E-state index contributed by atoms with van der Waals surface area (Å²) in [7, 11) is 0. The summed E-state index contributed by atoms with van der Waals surface area (Å²) in [5.74, 6) is 1.29. The van der Waals surface area contributed by atoms with Gasteiger partial charge in [0.1, 0.15) is 18.1 Å². The molecule has 1 aromatic carbocycles. The molecule has 0 fully saturated rings. The zero-order valence-electron chi connectivity index (χ0n) is 10.3. The third kappa shape index (κ3) is 4.31. The van der Waals surface area contributed by atoms with Crippen LogP contribution >= 0.6 is 0 Å². The first-order chi connectivity index (χ1) is 8.31. The largest absolute Gasteiger partial charge is 0.493 e. The van der Waals surface area contributed by atoms with Crippen molar-refractivity contribution in [2.45, 2.75) is 20.3 Å². The molecule has 0 unspecified atom stereocenters. The van der Waals surface area contributed by atoms with Gasteiger partial charge in [-0.2, -0.15) is 0 Å². The minimum absolute atomic E-state index is 0.453. The Morgan fingerprint density at radius 1 is 1.29 bits per heavy atom. The average Bonchev–Trinajstić information content (AvgIpc) is 2.37. The lowest BCUT2D eigenvalue weighted by atomic mass is 10.2. The molecular formula is C14H18O3. The summed E-state index contributed by atoms with van der Waals surface area (Å²) in [6.45, 7) is 5.08. The maximum absolute atomic E-state index is 10.8. The zero-order chi connectivity index (χ0) is 12.5. The number of hydrogen-bond acceptors (Lipinski definition) is 3. The van der Waals surface area contributed by atoms with Gasteiger partial charge >= 0.3 is 0 Å². The lowest BCUT2D eigenvalue weighted by Crippen LogP contribution is -2.00. The summed E-state index contributed by atoms with van der Waals surface area (Å²) in [4.78, 5) is 10.8. The highest BCUT2D eigenvalue weighted by atomic mass is 16.5. The van der Waals surface area contributed by atoms with Crippen LogP contribution in [-0.4, -0.2) is 19.5 Å². The van der Waals surface area contributed by atoms with Gasteiger partial charge < -0.3 is 9.47 Å². The van der Waals surface area contributed by atoms with E-state index >= 15 is 0 Å². The molecule has 0 aromatic heterocycles. The van der Waals surface area contributed by atoms with E-state index in [0.717, 1.165) is 18.5 Å². The van der Waals surface area contributed by atoms with E-state index in [2.05, 4.69) is 0 Å². The minimum Gasteiger partial charge on any atom is -0.493 e. The predicted octanol–water partition coefficient (Wildman–Crippen LogP) is 3.24. The molecule has 1 aromatic rings. The summed E-state index contributed by atoms with van der Waals surface area (Å²) >= 11 is 0. The van der Waals surface area contributed by atoms with E-state index < -0.39 is 0 Å². The van der Waals surface area contributed by atoms with Gasteiger partial charge in [-0.25, -0.2) is 0 Å². The summed E-state index contributed by atoms with van der Waals surface area (Å²) in [5.41, 5.74) is 0.540. The molecular weight excluding hydrogens is 216 g/mol. The fraction of sp³-hybridized carbons (Fsp3) is 0.357. The second-order valence-corrected chi connectivity index (χ2v) is 3.55. The monoisotopic (exact) mass is 234 g/mol. The molecule has 92 valence electrons. The van der Waals surface area contributed by atoms with Crippen molar-refractivity contribution < 1.29 is 14.3 Å². The van der Waals surface area contributed by atoms with Gasteiger partial charge in [-0.1, -0.05) is 19.1 Å². The van der Waals surface area contributed by atoms with E-state index in [1.807, 2.05) is 26.0 Å². The molecule has 0 radical (unpaired) electrons. The van der Waals surface area contributed by atoms with E-state index in [4.69, 9.17) is 9.47 Å². The van der Waals surface area contributed by atoms with Crippen molar-refractivity contribution >= 4 is 6.29 Å². The highest BCUT2D eigenvalue weighted by molar-refractivity contribution is 5.79. The lowest BCUT2D eigenvalue weighted by molar-refractivity contribution is 0.112. The van der Waals surface area contributed by atoms with E-state index in [0.29, 0.717) is 24.5 Å². The SMILES string of the molecule is C/C=C/COc1cc(OCCC)ccc1C=O. The van der Waals surface area contributed by atoms with Gasteiger partial charge in [0.25, 0.3) is 0 Å². The molecule has 0 aliphatic rings. The van der Waals surface area contributed by atoms with E-state index in [1.54, 1.807) is 18.2 Å². The van der Waals surface area contributed by atoms with Crippen molar-refractivity contribution in [1.82, 2.24) is 0 Å². The normalized spacial score (nSPS) is 10.5. The third-order valence-electron chi connectivity index (χ3n) is 2.16. The van der Waals surface area contributed by atoms with Crippen LogP contribution in [0.4, 0.5) is 0 Å². The molecule has 0 aliphatic heterocycles. The van der Waals surface area contributed by atoms with Crippen LogP contribution in [0.15, 0.2) is 30.4 Å². The highest BCUT2D eigenvalue weighted by Gasteiger charge is 2.04. The van der Waals surface area contributed by atoms with Crippen molar-refractivity contribution in [2.75, 3.05) is 13.2 Å². The van der Waals surface area contributed by atoms with Gasteiger partial charge in [-0.05, 0) is 25.5 Å². The molecule has 0 saturated carbocycles. The van der Waals surface area contributed by atoms with Crippen LogP contribution in [0.3, 0.4) is 0 Å². The van der Waals surface area contributed by atoms with Crippen molar-refractivity contribution in [3.8, 4) is 11.5 Å². The Bertz CT molecular complexity index is 383. The minimum atomic E-state index is 0.453. The lowest BCUT2D eigenvalue weighted by Gasteiger charge is -2.09. The first-order valence-corrected chi connectivity index (χ1v) is 5.77. The number of benzene rings is 1. The number of allylic oxidation sites excluding steroid dienone is 1. The number of ether oxygens (including phenoxy) is 2. The predicted molar refractivity (Wildman–Crippen MR) is 67.9 cm³/mol. The van der Waals surface area contributed by atoms with Gasteiger partial charge in [0.2, 0.25) is 0 Å². The fourth-order valence-corrected chi connectivity index (χ4v) is 1.28. The first kappa shape index (κ1) is 13.3. The Balaban J connectivity index is 2.78. The second-order valence-electron chi connectivity index (χ2n) is 3.55. The number of aldehydes is 1. The standard InChI is InChI=1S/C14H18O3/c1-3-5-9-17-14-10-13(16-8-4-2)7-6-12(14)11-15/h3,5-7,10-11H,4,8-9H2,1-2H3/b5-3+. The number of carbonyl (C=O) groups excluding carboxylic acids is 1. The van der Waals surface area contributed by atoms with Gasteiger partial charge in [0.15, 0.2) is 6.29 Å². The molecule has 0 amide bonds. The maximum atomic E-state index is 10.8. The Labute approximate surface area is 102 Å². The number of hydrogen-bond donors (Lipinski definition) is 0. The highest BCUT2D eigenvalue weighted by Crippen LogP contribution is 2.24. The fourth-order valence-electron chi connectivity index (χ4n) is 1.28. The Hall–Kier alpha value is -1.77. The van der Waals surface area contributed by atoms with E-state index in [1.165, 1.54) is 0 Å². The molecule has 0 N–H and O–H groups in total. The van der Waals surface area contributed by atoms with E-state index in [9.17, 15) is 4.79 Å². The summed E-state index contributed by atoms with van der Waals surface area (Å²) in [6.07, 6.45) is 5.52. The Morgan fingerprint density at radius 3 is 2.76 bits per heavy atom. The van der Waals surface area contributed by atoms with Crippen LogP contribution < -0.4 is 9.47 Å². The number of rotatable bonds is 7. The van der Waals surface area contributed by atoms with Crippen LogP contribution in [-0.2, 0) is 0 Å². The summed E-state index contributed by atoms with van der Waals surface area (Å²) < 4.78 is 11.0. The van der Waals surface area contributed by atoms with Crippen molar-refractivity contribution in [3.63, 3.8) is 0 Å². The van der Waals surface area contributed by atoms with Crippen molar-refractivity contribution in [1.29, 1.82) is 0 Å². The molecule has 0 atom stereocenters. The topological polar surface area (TPSA) is 35.5 Å².